The van der Waals surface area contributed by atoms with Crippen LogP contribution in [0, 0.1) is 6.92 Å². The summed E-state index contributed by atoms with van der Waals surface area (Å²) in [6.45, 7) is 2.80. The molecule has 1 rings (SSSR count). The van der Waals surface area contributed by atoms with Crippen molar-refractivity contribution >= 4 is 18.2 Å². The smallest absolute Gasteiger partial charge is 0.207 e. The minimum Gasteiger partial charge on any atom is -0.358 e. The van der Waals surface area contributed by atoms with Crippen LogP contribution < -0.4 is 5.32 Å². The summed E-state index contributed by atoms with van der Waals surface area (Å²) in [5.74, 6) is 0.918. The highest BCUT2D eigenvalue weighted by Gasteiger charge is 1.92. The average molecular weight is 195 g/mol. The summed E-state index contributed by atoms with van der Waals surface area (Å²) in [5.41, 5.74) is 1.27. The van der Waals surface area contributed by atoms with Crippen molar-refractivity contribution in [3.05, 3.63) is 29.8 Å². The monoisotopic (exact) mass is 195 g/mol. The number of amides is 1. The van der Waals surface area contributed by atoms with Crippen molar-refractivity contribution in [3.8, 4) is 0 Å². The predicted molar refractivity (Wildman–Crippen MR) is 56.0 cm³/mol. The molecule has 13 heavy (non-hydrogen) atoms. The Hall–Kier alpha value is -0.960. The molecule has 0 heterocycles. The maximum absolute atomic E-state index is 9.94. The third-order valence-corrected chi connectivity index (χ3v) is 2.63. The summed E-state index contributed by atoms with van der Waals surface area (Å²) in [5, 5.41) is 2.63. The van der Waals surface area contributed by atoms with Crippen molar-refractivity contribution in [3.63, 3.8) is 0 Å². The molecule has 0 radical (unpaired) electrons. The fourth-order valence-electron chi connectivity index (χ4n) is 0.921. The predicted octanol–water partition coefficient (Wildman–Crippen LogP) is 1.83. The van der Waals surface area contributed by atoms with Crippen LogP contribution in [0.4, 0.5) is 0 Å². The van der Waals surface area contributed by atoms with Crippen LogP contribution in [0.15, 0.2) is 29.2 Å². The minimum atomic E-state index is 0.724. The first kappa shape index (κ1) is 10.1. The molecule has 2 nitrogen and oxygen atoms in total. The van der Waals surface area contributed by atoms with Crippen LogP contribution in [0.3, 0.4) is 0 Å². The number of benzene rings is 1. The van der Waals surface area contributed by atoms with Crippen LogP contribution in [0.1, 0.15) is 5.56 Å². The zero-order valence-corrected chi connectivity index (χ0v) is 8.43. The summed E-state index contributed by atoms with van der Waals surface area (Å²) in [7, 11) is 0. The van der Waals surface area contributed by atoms with E-state index in [1.54, 1.807) is 11.8 Å². The van der Waals surface area contributed by atoms with Gasteiger partial charge < -0.3 is 5.32 Å². The molecule has 0 unspecified atom stereocenters. The van der Waals surface area contributed by atoms with Gasteiger partial charge in [0.05, 0.1) is 0 Å². The zero-order chi connectivity index (χ0) is 9.52. The Bertz CT molecular complexity index is 258. The summed E-state index contributed by atoms with van der Waals surface area (Å²) in [6, 6.07) is 8.38. The lowest BCUT2D eigenvalue weighted by Crippen LogP contribution is -2.13. The van der Waals surface area contributed by atoms with Crippen molar-refractivity contribution in [2.45, 2.75) is 11.8 Å². The molecule has 0 bridgehead atoms. The fourth-order valence-corrected chi connectivity index (χ4v) is 1.71. The Kier molecular flexibility index (Phi) is 4.40. The number of thioether (sulfide) groups is 1. The molecule has 3 heteroatoms. The Labute approximate surface area is 82.7 Å². The van der Waals surface area contributed by atoms with Gasteiger partial charge in [-0.15, -0.1) is 11.8 Å². The van der Waals surface area contributed by atoms with E-state index in [4.69, 9.17) is 0 Å². The quantitative estimate of drug-likeness (QED) is 0.441. The fraction of sp³-hybridized carbons (Fsp3) is 0.300. The molecular weight excluding hydrogens is 182 g/mol. The van der Waals surface area contributed by atoms with Gasteiger partial charge in [0.1, 0.15) is 0 Å². The Balaban J connectivity index is 2.28. The van der Waals surface area contributed by atoms with E-state index in [9.17, 15) is 4.79 Å². The molecule has 0 fully saturated rings. The van der Waals surface area contributed by atoms with Crippen molar-refractivity contribution in [2.75, 3.05) is 12.3 Å². The molecular formula is C10H13NOS. The molecule has 0 aliphatic carbocycles. The number of carbonyl (C=O) groups excluding carboxylic acids is 1. The Morgan fingerprint density at radius 2 is 2.08 bits per heavy atom. The van der Waals surface area contributed by atoms with E-state index in [2.05, 4.69) is 36.5 Å². The van der Waals surface area contributed by atoms with Crippen molar-refractivity contribution < 1.29 is 4.79 Å². The van der Waals surface area contributed by atoms with Gasteiger partial charge in [-0.05, 0) is 19.1 Å². The number of nitrogens with one attached hydrogen (secondary N) is 1. The third-order valence-electron chi connectivity index (χ3n) is 1.62. The molecule has 0 atom stereocenters. The van der Waals surface area contributed by atoms with Crippen LogP contribution >= 0.6 is 11.8 Å². The van der Waals surface area contributed by atoms with E-state index in [1.807, 2.05) is 0 Å². The second kappa shape index (κ2) is 5.65. The van der Waals surface area contributed by atoms with Gasteiger partial charge in [-0.2, -0.15) is 0 Å². The van der Waals surface area contributed by atoms with Crippen molar-refractivity contribution in [2.24, 2.45) is 0 Å². The number of aryl methyl sites for hydroxylation is 1. The largest absolute Gasteiger partial charge is 0.358 e. The average Bonchev–Trinajstić information content (AvgIpc) is 2.15. The number of hydrogen-bond donors (Lipinski definition) is 1. The standard InChI is InChI=1S/C10H13NOS/c1-9-2-4-10(5-3-9)13-7-6-11-8-12/h2-5,8H,6-7H2,1H3,(H,11,12). The maximum Gasteiger partial charge on any atom is 0.207 e. The van der Waals surface area contributed by atoms with Crippen LogP contribution in [0.5, 0.6) is 0 Å². The lowest BCUT2D eigenvalue weighted by atomic mass is 10.2. The van der Waals surface area contributed by atoms with Crippen LogP contribution in [-0.4, -0.2) is 18.7 Å². The summed E-state index contributed by atoms with van der Waals surface area (Å²) < 4.78 is 0. The van der Waals surface area contributed by atoms with Gasteiger partial charge in [0.15, 0.2) is 0 Å². The molecule has 0 saturated heterocycles. The van der Waals surface area contributed by atoms with Crippen LogP contribution in [-0.2, 0) is 4.79 Å². The zero-order valence-electron chi connectivity index (χ0n) is 7.62. The second-order valence-electron chi connectivity index (χ2n) is 2.73. The molecule has 1 aromatic rings. The number of rotatable bonds is 5. The molecule has 1 amide bonds. The number of hydrogen-bond acceptors (Lipinski definition) is 2. The van der Waals surface area contributed by atoms with Gasteiger partial charge in [-0.3, -0.25) is 4.79 Å². The summed E-state index contributed by atoms with van der Waals surface area (Å²) in [6.07, 6.45) is 0.732. The van der Waals surface area contributed by atoms with Gasteiger partial charge in [0.2, 0.25) is 6.41 Å². The molecule has 1 N–H and O–H groups in total. The van der Waals surface area contributed by atoms with Crippen LogP contribution in [0.25, 0.3) is 0 Å². The molecule has 0 aliphatic rings. The molecule has 70 valence electrons. The lowest BCUT2D eigenvalue weighted by molar-refractivity contribution is -0.109. The maximum atomic E-state index is 9.94. The first-order chi connectivity index (χ1) is 6.33. The van der Waals surface area contributed by atoms with Gasteiger partial charge >= 0.3 is 0 Å². The summed E-state index contributed by atoms with van der Waals surface area (Å²) >= 11 is 1.75. The lowest BCUT2D eigenvalue weighted by Gasteiger charge is -2.00. The van der Waals surface area contributed by atoms with Gasteiger partial charge in [0.25, 0.3) is 0 Å². The van der Waals surface area contributed by atoms with Gasteiger partial charge in [-0.1, -0.05) is 17.7 Å². The van der Waals surface area contributed by atoms with Gasteiger partial charge in [-0.25, -0.2) is 0 Å². The van der Waals surface area contributed by atoms with E-state index < -0.39 is 0 Å². The molecule has 0 spiro atoms. The molecule has 0 aromatic heterocycles. The normalized spacial score (nSPS) is 9.62. The topological polar surface area (TPSA) is 29.1 Å². The summed E-state index contributed by atoms with van der Waals surface area (Å²) in [4.78, 5) is 11.2. The highest BCUT2D eigenvalue weighted by molar-refractivity contribution is 7.99. The van der Waals surface area contributed by atoms with Crippen LogP contribution in [0.2, 0.25) is 0 Å². The number of carbonyl (C=O) groups is 1. The highest BCUT2D eigenvalue weighted by Crippen LogP contribution is 2.17. The van der Waals surface area contributed by atoms with Crippen molar-refractivity contribution in [1.29, 1.82) is 0 Å². The van der Waals surface area contributed by atoms with E-state index >= 15 is 0 Å². The van der Waals surface area contributed by atoms with E-state index in [1.165, 1.54) is 10.5 Å². The van der Waals surface area contributed by atoms with E-state index in [0.717, 1.165) is 18.7 Å². The third kappa shape index (κ3) is 3.99. The first-order valence-corrected chi connectivity index (χ1v) is 5.18. The second-order valence-corrected chi connectivity index (χ2v) is 3.90. The molecule has 0 aliphatic heterocycles. The minimum absolute atomic E-state index is 0.724. The SMILES string of the molecule is Cc1ccc(SCCNC=O)cc1. The molecule has 1 aromatic carbocycles. The first-order valence-electron chi connectivity index (χ1n) is 4.19. The Morgan fingerprint density at radius 3 is 2.69 bits per heavy atom. The van der Waals surface area contributed by atoms with E-state index in [0.29, 0.717) is 0 Å². The van der Waals surface area contributed by atoms with E-state index in [-0.39, 0.29) is 0 Å². The van der Waals surface area contributed by atoms with Gasteiger partial charge in [0, 0.05) is 17.2 Å². The highest BCUT2D eigenvalue weighted by atomic mass is 32.2. The van der Waals surface area contributed by atoms with Crippen molar-refractivity contribution in [1.82, 2.24) is 5.32 Å². The Morgan fingerprint density at radius 1 is 1.38 bits per heavy atom. The molecule has 0 saturated carbocycles.